The number of anilines is 1. The van der Waals surface area contributed by atoms with E-state index in [-0.39, 0.29) is 5.56 Å². The number of carboxylic acids is 1. The van der Waals surface area contributed by atoms with E-state index in [9.17, 15) is 14.7 Å². The molecule has 0 aliphatic carbocycles. The van der Waals surface area contributed by atoms with E-state index in [1.54, 1.807) is 19.1 Å². The van der Waals surface area contributed by atoms with E-state index in [1.807, 2.05) is 49.4 Å². The van der Waals surface area contributed by atoms with Crippen LogP contribution < -0.4 is 5.32 Å². The highest BCUT2D eigenvalue weighted by Crippen LogP contribution is 2.31. The molecule has 0 spiro atoms. The molecule has 7 heteroatoms. The van der Waals surface area contributed by atoms with Gasteiger partial charge in [-0.05, 0) is 73.4 Å². The Balaban J connectivity index is 1.82. The van der Waals surface area contributed by atoms with Crippen LogP contribution in [0.3, 0.4) is 0 Å². The Morgan fingerprint density at radius 3 is 2.54 bits per heavy atom. The Labute approximate surface area is 204 Å². The number of aromatic carboxylic acids is 1. The molecule has 0 saturated heterocycles. The first-order chi connectivity index (χ1) is 16.9. The number of carboxylic acid groups (broad SMARTS) is 1. The van der Waals surface area contributed by atoms with Crippen LogP contribution in [-0.2, 0) is 11.2 Å². The van der Waals surface area contributed by atoms with Crippen molar-refractivity contribution in [2.24, 2.45) is 0 Å². The average molecular weight is 472 g/mol. The molecule has 0 atom stereocenters. The molecule has 1 aromatic heterocycles. The number of nitrogens with zero attached hydrogens (tertiary/aromatic N) is 2. The van der Waals surface area contributed by atoms with Gasteiger partial charge in [0.2, 0.25) is 0 Å². The van der Waals surface area contributed by atoms with Gasteiger partial charge in [0.1, 0.15) is 5.82 Å². The molecular formula is C28H29N3O4. The number of rotatable bonds is 8. The van der Waals surface area contributed by atoms with Gasteiger partial charge in [-0.2, -0.15) is 0 Å². The van der Waals surface area contributed by atoms with E-state index in [0.717, 1.165) is 52.9 Å². The normalized spacial score (nSPS) is 10.9. The lowest BCUT2D eigenvalue weighted by Crippen LogP contribution is -2.13. The van der Waals surface area contributed by atoms with Gasteiger partial charge in [-0.15, -0.1) is 0 Å². The van der Waals surface area contributed by atoms with Crippen LogP contribution in [0.15, 0.2) is 60.7 Å². The summed E-state index contributed by atoms with van der Waals surface area (Å²) in [6, 6.07) is 18.6. The number of carbonyl (C=O) groups excluding carboxylic acids is 1. The van der Waals surface area contributed by atoms with Crippen molar-refractivity contribution in [2.45, 2.75) is 40.0 Å². The third kappa shape index (κ3) is 5.04. The second-order valence-electron chi connectivity index (χ2n) is 8.37. The van der Waals surface area contributed by atoms with Crippen LogP contribution in [0.5, 0.6) is 0 Å². The predicted molar refractivity (Wildman–Crippen MR) is 137 cm³/mol. The highest BCUT2D eigenvalue weighted by molar-refractivity contribution is 5.96. The van der Waals surface area contributed by atoms with Crippen LogP contribution in [0.2, 0.25) is 0 Å². The molecule has 7 nitrogen and oxygen atoms in total. The Morgan fingerprint density at radius 2 is 1.83 bits per heavy atom. The van der Waals surface area contributed by atoms with E-state index >= 15 is 0 Å². The fourth-order valence-electron chi connectivity index (χ4n) is 4.27. The molecule has 35 heavy (non-hydrogen) atoms. The lowest BCUT2D eigenvalue weighted by molar-refractivity contribution is 0.0697. The van der Waals surface area contributed by atoms with Crippen LogP contribution in [0.1, 0.15) is 48.4 Å². The van der Waals surface area contributed by atoms with Crippen molar-refractivity contribution in [3.05, 3.63) is 77.6 Å². The zero-order valence-corrected chi connectivity index (χ0v) is 20.2. The van der Waals surface area contributed by atoms with Gasteiger partial charge in [-0.3, -0.25) is 9.88 Å². The van der Waals surface area contributed by atoms with Gasteiger partial charge in [-0.1, -0.05) is 37.6 Å². The number of imidazole rings is 1. The SMILES string of the molecule is CCCCc1nc2ccc(NC(=O)OCC)cc2n1-c1ccc(-c2ccccc2C(=O)O)c(C)c1. The molecule has 1 heterocycles. The Hall–Kier alpha value is -4.13. The van der Waals surface area contributed by atoms with Crippen LogP contribution in [-0.4, -0.2) is 33.3 Å². The quantitative estimate of drug-likeness (QED) is 0.302. The number of ether oxygens (including phenoxy) is 1. The Morgan fingerprint density at radius 1 is 1.03 bits per heavy atom. The largest absolute Gasteiger partial charge is 0.478 e. The van der Waals surface area contributed by atoms with Crippen molar-refractivity contribution < 1.29 is 19.4 Å². The molecule has 2 N–H and O–H groups in total. The van der Waals surface area contributed by atoms with Gasteiger partial charge < -0.3 is 9.84 Å². The molecule has 4 aromatic rings. The number of aryl methyl sites for hydroxylation is 2. The third-order valence-electron chi connectivity index (χ3n) is 5.92. The maximum Gasteiger partial charge on any atom is 0.411 e. The summed E-state index contributed by atoms with van der Waals surface area (Å²) in [6.45, 7) is 6.19. The number of benzene rings is 3. The molecule has 0 saturated carbocycles. The minimum atomic E-state index is -0.951. The molecule has 0 bridgehead atoms. The summed E-state index contributed by atoms with van der Waals surface area (Å²) in [6.07, 6.45) is 2.36. The Kier molecular flexibility index (Phi) is 7.15. The lowest BCUT2D eigenvalue weighted by Gasteiger charge is -2.14. The van der Waals surface area contributed by atoms with E-state index in [2.05, 4.69) is 22.9 Å². The predicted octanol–water partition coefficient (Wildman–Crippen LogP) is 6.61. The van der Waals surface area contributed by atoms with E-state index in [4.69, 9.17) is 9.72 Å². The summed E-state index contributed by atoms with van der Waals surface area (Å²) in [5.41, 5.74) is 6.06. The lowest BCUT2D eigenvalue weighted by atomic mass is 9.95. The summed E-state index contributed by atoms with van der Waals surface area (Å²) in [5, 5.41) is 12.4. The van der Waals surface area contributed by atoms with Crippen molar-refractivity contribution in [3.63, 3.8) is 0 Å². The molecule has 0 radical (unpaired) electrons. The summed E-state index contributed by atoms with van der Waals surface area (Å²) < 4.78 is 7.13. The number of fused-ring (bicyclic) bond motifs is 1. The molecule has 0 aliphatic rings. The van der Waals surface area contributed by atoms with Gasteiger partial charge in [0, 0.05) is 17.8 Å². The van der Waals surface area contributed by atoms with Gasteiger partial charge in [0.05, 0.1) is 23.2 Å². The minimum absolute atomic E-state index is 0.273. The first-order valence-corrected chi connectivity index (χ1v) is 11.8. The highest BCUT2D eigenvalue weighted by atomic mass is 16.5. The zero-order valence-electron chi connectivity index (χ0n) is 20.2. The minimum Gasteiger partial charge on any atom is -0.478 e. The van der Waals surface area contributed by atoms with Gasteiger partial charge in [0.25, 0.3) is 0 Å². The van der Waals surface area contributed by atoms with E-state index < -0.39 is 12.1 Å². The number of aromatic nitrogens is 2. The number of carbonyl (C=O) groups is 2. The number of unbranched alkanes of at least 4 members (excludes halogenated alkanes) is 1. The molecule has 180 valence electrons. The number of hydrogen-bond donors (Lipinski definition) is 2. The van der Waals surface area contributed by atoms with E-state index in [1.165, 1.54) is 0 Å². The van der Waals surface area contributed by atoms with Crippen molar-refractivity contribution in [1.29, 1.82) is 0 Å². The van der Waals surface area contributed by atoms with Crippen LogP contribution >= 0.6 is 0 Å². The fraction of sp³-hybridized carbons (Fsp3) is 0.250. The van der Waals surface area contributed by atoms with Crippen LogP contribution in [0, 0.1) is 6.92 Å². The summed E-state index contributed by atoms with van der Waals surface area (Å²) in [7, 11) is 0. The summed E-state index contributed by atoms with van der Waals surface area (Å²) in [5.74, 6) is -0.0126. The van der Waals surface area contributed by atoms with Crippen LogP contribution in [0.25, 0.3) is 27.8 Å². The molecule has 3 aromatic carbocycles. The van der Waals surface area contributed by atoms with Crippen molar-refractivity contribution in [1.82, 2.24) is 9.55 Å². The maximum absolute atomic E-state index is 11.9. The third-order valence-corrected chi connectivity index (χ3v) is 5.92. The monoisotopic (exact) mass is 471 g/mol. The first kappa shape index (κ1) is 24.0. The highest BCUT2D eigenvalue weighted by Gasteiger charge is 2.17. The molecule has 0 fully saturated rings. The first-order valence-electron chi connectivity index (χ1n) is 11.8. The van der Waals surface area contributed by atoms with Gasteiger partial charge in [0.15, 0.2) is 0 Å². The summed E-state index contributed by atoms with van der Waals surface area (Å²) >= 11 is 0. The molecular weight excluding hydrogens is 442 g/mol. The maximum atomic E-state index is 11.9. The average Bonchev–Trinajstić information content (AvgIpc) is 3.20. The molecule has 4 rings (SSSR count). The second-order valence-corrected chi connectivity index (χ2v) is 8.37. The van der Waals surface area contributed by atoms with Gasteiger partial charge in [-0.25, -0.2) is 14.6 Å². The number of amides is 1. The van der Waals surface area contributed by atoms with Crippen LogP contribution in [0.4, 0.5) is 10.5 Å². The molecule has 0 aliphatic heterocycles. The molecule has 1 amide bonds. The summed E-state index contributed by atoms with van der Waals surface area (Å²) in [4.78, 5) is 28.6. The zero-order chi connectivity index (χ0) is 24.9. The Bertz CT molecular complexity index is 1390. The van der Waals surface area contributed by atoms with E-state index in [0.29, 0.717) is 17.9 Å². The topological polar surface area (TPSA) is 93.5 Å². The second kappa shape index (κ2) is 10.4. The van der Waals surface area contributed by atoms with Gasteiger partial charge >= 0.3 is 12.1 Å². The smallest absolute Gasteiger partial charge is 0.411 e. The fourth-order valence-corrected chi connectivity index (χ4v) is 4.27. The van der Waals surface area contributed by atoms with Crippen molar-refractivity contribution in [2.75, 3.05) is 11.9 Å². The molecule has 0 unspecified atom stereocenters. The van der Waals surface area contributed by atoms with Crippen molar-refractivity contribution in [3.8, 4) is 16.8 Å². The number of hydrogen-bond acceptors (Lipinski definition) is 4. The standard InChI is InChI=1S/C28H29N3O4/c1-4-6-11-26-30-24-15-12-19(29-28(34)35-5-2)17-25(24)31(26)20-13-14-21(18(3)16-20)22-9-7-8-10-23(22)27(32)33/h7-10,12-17H,4-6,11H2,1-3H3,(H,29,34)(H,32,33). The number of nitrogens with one attached hydrogen (secondary N) is 1. The van der Waals surface area contributed by atoms with Crippen molar-refractivity contribution >= 4 is 28.8 Å².